The van der Waals surface area contributed by atoms with Gasteiger partial charge in [0, 0.05) is 6.42 Å². The van der Waals surface area contributed by atoms with Crippen LogP contribution < -0.4 is 0 Å². The first-order chi connectivity index (χ1) is 6.99. The predicted octanol–water partition coefficient (Wildman–Crippen LogP) is 1.45. The van der Waals surface area contributed by atoms with Crippen molar-refractivity contribution >= 4 is 11.8 Å². The summed E-state index contributed by atoms with van der Waals surface area (Å²) in [5.41, 5.74) is 0.491. The Morgan fingerprint density at radius 2 is 2.00 bits per heavy atom. The van der Waals surface area contributed by atoms with Gasteiger partial charge in [-0.05, 0) is 18.9 Å². The minimum absolute atomic E-state index is 0. The van der Waals surface area contributed by atoms with Gasteiger partial charge in [0.25, 0.3) is 0 Å². The molecule has 0 radical (unpaired) electrons. The van der Waals surface area contributed by atoms with Crippen molar-refractivity contribution in [2.24, 2.45) is 5.92 Å². The smallest absolute Gasteiger partial charge is 0.308 e. The molecule has 0 aliphatic heterocycles. The average Bonchev–Trinajstić information content (AvgIpc) is 2.17. The van der Waals surface area contributed by atoms with Crippen LogP contribution in [-0.2, 0) is 14.3 Å². The van der Waals surface area contributed by atoms with Crippen molar-refractivity contribution < 1.29 is 19.8 Å². The van der Waals surface area contributed by atoms with Gasteiger partial charge in [-0.3, -0.25) is 9.59 Å². The van der Waals surface area contributed by atoms with Crippen LogP contribution in [0.15, 0.2) is 24.8 Å². The van der Waals surface area contributed by atoms with Gasteiger partial charge in [0.1, 0.15) is 0 Å². The molecular formula is C12H20O4. The number of carbonyl (C=O) groups excluding carboxylic acids is 2. The summed E-state index contributed by atoms with van der Waals surface area (Å²) < 4.78 is 4.93. The van der Waals surface area contributed by atoms with E-state index >= 15 is 0 Å². The second-order valence-corrected chi connectivity index (χ2v) is 3.55. The van der Waals surface area contributed by atoms with E-state index in [-0.39, 0.29) is 36.2 Å². The fourth-order valence-corrected chi connectivity index (χ4v) is 0.946. The SMILES string of the molecule is C=CCC(C)C(=O)OCCC(=O)C(=C)C.O. The second-order valence-electron chi connectivity index (χ2n) is 3.55. The fourth-order valence-electron chi connectivity index (χ4n) is 0.946. The molecule has 0 aromatic rings. The highest BCUT2D eigenvalue weighted by Gasteiger charge is 2.13. The molecule has 16 heavy (non-hydrogen) atoms. The Hall–Kier alpha value is -1.42. The third kappa shape index (κ3) is 6.95. The highest BCUT2D eigenvalue weighted by atomic mass is 16.5. The molecule has 0 amide bonds. The number of hydrogen-bond donors (Lipinski definition) is 0. The zero-order valence-corrected chi connectivity index (χ0v) is 9.91. The van der Waals surface area contributed by atoms with E-state index in [9.17, 15) is 9.59 Å². The monoisotopic (exact) mass is 228 g/mol. The highest BCUT2D eigenvalue weighted by molar-refractivity contribution is 5.94. The summed E-state index contributed by atoms with van der Waals surface area (Å²) >= 11 is 0. The van der Waals surface area contributed by atoms with Crippen LogP contribution in [0.2, 0.25) is 0 Å². The quantitative estimate of drug-likeness (QED) is 0.376. The summed E-state index contributed by atoms with van der Waals surface area (Å²) in [4.78, 5) is 22.4. The number of rotatable bonds is 7. The van der Waals surface area contributed by atoms with Crippen LogP contribution in [0.3, 0.4) is 0 Å². The maximum atomic E-state index is 11.3. The van der Waals surface area contributed by atoms with Gasteiger partial charge in [0.15, 0.2) is 5.78 Å². The maximum absolute atomic E-state index is 11.3. The zero-order valence-electron chi connectivity index (χ0n) is 9.91. The van der Waals surface area contributed by atoms with Crippen LogP contribution >= 0.6 is 0 Å². The molecule has 4 nitrogen and oxygen atoms in total. The summed E-state index contributed by atoms with van der Waals surface area (Å²) in [7, 11) is 0. The van der Waals surface area contributed by atoms with Crippen LogP contribution in [0.25, 0.3) is 0 Å². The third-order valence-electron chi connectivity index (χ3n) is 1.97. The Labute approximate surface area is 96.3 Å². The van der Waals surface area contributed by atoms with E-state index < -0.39 is 0 Å². The molecule has 2 N–H and O–H groups in total. The molecule has 1 atom stereocenters. The van der Waals surface area contributed by atoms with Gasteiger partial charge in [0.05, 0.1) is 12.5 Å². The van der Waals surface area contributed by atoms with Crippen LogP contribution in [0.4, 0.5) is 0 Å². The lowest BCUT2D eigenvalue weighted by atomic mass is 10.1. The lowest BCUT2D eigenvalue weighted by Crippen LogP contribution is -2.16. The average molecular weight is 228 g/mol. The van der Waals surface area contributed by atoms with Crippen molar-refractivity contribution in [1.82, 2.24) is 0 Å². The molecule has 0 saturated carbocycles. The predicted molar refractivity (Wildman–Crippen MR) is 63.0 cm³/mol. The van der Waals surface area contributed by atoms with E-state index in [0.29, 0.717) is 12.0 Å². The molecule has 4 heteroatoms. The van der Waals surface area contributed by atoms with Crippen molar-refractivity contribution in [3.05, 3.63) is 24.8 Å². The molecule has 0 saturated heterocycles. The minimum Gasteiger partial charge on any atom is -0.465 e. The molecule has 0 rings (SSSR count). The van der Waals surface area contributed by atoms with Gasteiger partial charge < -0.3 is 10.2 Å². The first kappa shape index (κ1) is 17.0. The second kappa shape index (κ2) is 8.85. The van der Waals surface area contributed by atoms with E-state index in [2.05, 4.69) is 13.2 Å². The Kier molecular flexibility index (Phi) is 9.40. The third-order valence-corrected chi connectivity index (χ3v) is 1.97. The molecule has 0 aliphatic rings. The number of ketones is 1. The largest absolute Gasteiger partial charge is 0.465 e. The molecular weight excluding hydrogens is 208 g/mol. The van der Waals surface area contributed by atoms with Crippen LogP contribution in [0, 0.1) is 5.92 Å². The molecule has 92 valence electrons. The fraction of sp³-hybridized carbons (Fsp3) is 0.500. The lowest BCUT2D eigenvalue weighted by molar-refractivity contribution is -0.148. The van der Waals surface area contributed by atoms with E-state index in [4.69, 9.17) is 4.74 Å². The highest BCUT2D eigenvalue weighted by Crippen LogP contribution is 2.05. The topological polar surface area (TPSA) is 74.9 Å². The van der Waals surface area contributed by atoms with Crippen molar-refractivity contribution in [1.29, 1.82) is 0 Å². The van der Waals surface area contributed by atoms with Crippen molar-refractivity contribution in [2.45, 2.75) is 26.7 Å². The lowest BCUT2D eigenvalue weighted by Gasteiger charge is -2.08. The van der Waals surface area contributed by atoms with Gasteiger partial charge >= 0.3 is 5.97 Å². The summed E-state index contributed by atoms with van der Waals surface area (Å²) in [6.07, 6.45) is 2.47. The Balaban J connectivity index is 0. The molecule has 0 aliphatic carbocycles. The van der Waals surface area contributed by atoms with Gasteiger partial charge in [-0.1, -0.05) is 19.6 Å². The molecule has 1 unspecified atom stereocenters. The minimum atomic E-state index is -0.288. The van der Waals surface area contributed by atoms with E-state index in [1.165, 1.54) is 0 Å². The van der Waals surface area contributed by atoms with Gasteiger partial charge in [-0.2, -0.15) is 0 Å². The van der Waals surface area contributed by atoms with E-state index in [0.717, 1.165) is 0 Å². The number of allylic oxidation sites excluding steroid dienone is 2. The number of hydrogen-bond acceptors (Lipinski definition) is 3. The van der Waals surface area contributed by atoms with Gasteiger partial charge in [-0.25, -0.2) is 0 Å². The Bertz CT molecular complexity index is 268. The Morgan fingerprint density at radius 1 is 1.44 bits per heavy atom. The van der Waals surface area contributed by atoms with Gasteiger partial charge in [0.2, 0.25) is 0 Å². The summed E-state index contributed by atoms with van der Waals surface area (Å²) in [6, 6.07) is 0. The van der Waals surface area contributed by atoms with Crippen molar-refractivity contribution in [2.75, 3.05) is 6.61 Å². The van der Waals surface area contributed by atoms with E-state index in [1.54, 1.807) is 19.9 Å². The Morgan fingerprint density at radius 3 is 2.44 bits per heavy atom. The van der Waals surface area contributed by atoms with Crippen molar-refractivity contribution in [3.8, 4) is 0 Å². The standard InChI is InChI=1S/C12H18O3.H2O/c1-5-6-10(4)12(14)15-8-7-11(13)9(2)3;/h5,10H,1-2,6-8H2,3-4H3;1H2. The maximum Gasteiger partial charge on any atom is 0.308 e. The van der Waals surface area contributed by atoms with E-state index in [1.807, 2.05) is 0 Å². The number of esters is 1. The van der Waals surface area contributed by atoms with Crippen LogP contribution in [0.5, 0.6) is 0 Å². The molecule has 0 aromatic heterocycles. The molecule has 0 spiro atoms. The van der Waals surface area contributed by atoms with Crippen molar-refractivity contribution in [3.63, 3.8) is 0 Å². The summed E-state index contributed by atoms with van der Waals surface area (Å²) in [6.45, 7) is 10.6. The zero-order chi connectivity index (χ0) is 11.8. The summed E-state index contributed by atoms with van der Waals surface area (Å²) in [5, 5.41) is 0. The molecule has 0 fully saturated rings. The molecule has 0 bridgehead atoms. The molecule has 0 aromatic carbocycles. The van der Waals surface area contributed by atoms with Gasteiger partial charge in [-0.15, -0.1) is 6.58 Å². The number of ether oxygens (including phenoxy) is 1. The molecule has 0 heterocycles. The van der Waals surface area contributed by atoms with Crippen LogP contribution in [-0.4, -0.2) is 23.8 Å². The number of carbonyl (C=O) groups is 2. The van der Waals surface area contributed by atoms with Crippen LogP contribution in [0.1, 0.15) is 26.7 Å². The number of Topliss-reactive ketones (excluding diaryl/α,β-unsaturated/α-hetero) is 1. The first-order valence-electron chi connectivity index (χ1n) is 4.95. The normalized spacial score (nSPS) is 10.9. The first-order valence-corrected chi connectivity index (χ1v) is 4.95. The summed E-state index contributed by atoms with van der Waals surface area (Å²) in [5.74, 6) is -0.550.